The molecule has 14 nitrogen and oxygen atoms in total. The van der Waals surface area contributed by atoms with Crippen molar-refractivity contribution in [1.29, 1.82) is 0 Å². The van der Waals surface area contributed by atoms with Crippen molar-refractivity contribution < 1.29 is 43.3 Å². The second-order valence-electron chi connectivity index (χ2n) is 14.0. The third kappa shape index (κ3) is 8.94. The Morgan fingerprint density at radius 3 is 2.47 bits per heavy atom. The van der Waals surface area contributed by atoms with E-state index in [-0.39, 0.29) is 25.9 Å². The Balaban J connectivity index is 1.50. The van der Waals surface area contributed by atoms with Crippen LogP contribution in [0.1, 0.15) is 40.5 Å². The van der Waals surface area contributed by atoms with Gasteiger partial charge in [0.2, 0.25) is 17.7 Å². The van der Waals surface area contributed by atoms with Crippen LogP contribution in [0.25, 0.3) is 22.2 Å². The zero-order valence-corrected chi connectivity index (χ0v) is 30.4. The Bertz CT molecular complexity index is 1930. The number of amides is 4. The van der Waals surface area contributed by atoms with E-state index in [1.807, 2.05) is 30.3 Å². The molecule has 2 aromatic carbocycles. The van der Waals surface area contributed by atoms with Crippen LogP contribution in [-0.2, 0) is 23.9 Å². The van der Waals surface area contributed by atoms with Crippen molar-refractivity contribution in [2.24, 2.45) is 5.92 Å². The average molecular weight is 728 g/mol. The summed E-state index contributed by atoms with van der Waals surface area (Å²) < 4.78 is 17.4. The summed E-state index contributed by atoms with van der Waals surface area (Å²) in [6.07, 6.45) is 2.71. The minimum absolute atomic E-state index is 0.0171. The number of allylic oxidation sites excluding steroid dienone is 1. The van der Waals surface area contributed by atoms with Gasteiger partial charge in [-0.25, -0.2) is 14.6 Å². The van der Waals surface area contributed by atoms with Crippen LogP contribution in [0, 0.1) is 5.92 Å². The minimum atomic E-state index is -1.56. The Hall–Kier alpha value is -5.92. The lowest BCUT2D eigenvalue weighted by Crippen LogP contribution is -2.58. The van der Waals surface area contributed by atoms with Crippen molar-refractivity contribution in [3.8, 4) is 22.8 Å². The molecule has 14 heteroatoms. The number of fused-ring (bicyclic) bond motifs is 1. The smallest absolute Gasteiger partial charge is 0.408 e. The van der Waals surface area contributed by atoms with Gasteiger partial charge < -0.3 is 40.2 Å². The maximum absolute atomic E-state index is 14.4. The molecule has 4 amide bonds. The summed E-state index contributed by atoms with van der Waals surface area (Å²) in [5, 5.41) is 18.5. The standard InChI is InChI=1S/C39H45N5O9/c1-7-12-33(45)40-21-30(42-37(50)53-38(3,4)5)35(47)44-22-26(18-31(44)34(46)43-39(36(48)49)20-24(39)8-2)52-32-19-28(23-13-10-9-11-14-23)41-29-17-25(51-6)15-16-27(29)32/h7-17,19,24,26,30-31H,2,18,20-22H2,1,3-6H3,(H,40,45)(H,42,50)(H,43,46)(H,48,49)/t24-,26?,30+,31+,39-/m1/s1. The number of nitrogens with one attached hydrogen (secondary N) is 3. The number of alkyl carbamates (subject to hydrolysis) is 1. The van der Waals surface area contributed by atoms with Crippen LogP contribution in [0.2, 0.25) is 0 Å². The van der Waals surface area contributed by atoms with Crippen LogP contribution in [0.4, 0.5) is 4.79 Å². The molecule has 1 unspecified atom stereocenters. The second kappa shape index (κ2) is 15.8. The van der Waals surface area contributed by atoms with Gasteiger partial charge in [-0.15, -0.1) is 6.58 Å². The van der Waals surface area contributed by atoms with Gasteiger partial charge in [0.1, 0.15) is 40.8 Å². The van der Waals surface area contributed by atoms with E-state index in [0.717, 1.165) is 5.56 Å². The number of benzene rings is 2. The molecule has 2 fully saturated rings. The van der Waals surface area contributed by atoms with Gasteiger partial charge in [-0.3, -0.25) is 14.4 Å². The summed E-state index contributed by atoms with van der Waals surface area (Å²) >= 11 is 0. The van der Waals surface area contributed by atoms with E-state index in [0.29, 0.717) is 28.1 Å². The number of hydrogen-bond donors (Lipinski definition) is 4. The van der Waals surface area contributed by atoms with Gasteiger partial charge in [0.15, 0.2) is 0 Å². The first kappa shape index (κ1) is 38.3. The van der Waals surface area contributed by atoms with Gasteiger partial charge in [0.25, 0.3) is 0 Å². The van der Waals surface area contributed by atoms with Gasteiger partial charge in [-0.05, 0) is 52.3 Å². The molecule has 280 valence electrons. The van der Waals surface area contributed by atoms with E-state index < -0.39 is 65.0 Å². The molecule has 53 heavy (non-hydrogen) atoms. The Kier molecular flexibility index (Phi) is 11.4. The fourth-order valence-corrected chi connectivity index (χ4v) is 6.29. The highest BCUT2D eigenvalue weighted by molar-refractivity contribution is 5.97. The lowest BCUT2D eigenvalue weighted by atomic mass is 10.1. The molecule has 0 bridgehead atoms. The van der Waals surface area contributed by atoms with Crippen LogP contribution >= 0.6 is 0 Å². The van der Waals surface area contributed by atoms with E-state index >= 15 is 0 Å². The Morgan fingerprint density at radius 1 is 1.11 bits per heavy atom. The highest BCUT2D eigenvalue weighted by Gasteiger charge is 2.61. The maximum atomic E-state index is 14.4. The summed E-state index contributed by atoms with van der Waals surface area (Å²) in [6.45, 7) is 9.89. The quantitative estimate of drug-likeness (QED) is 0.148. The molecular formula is C39H45N5O9. The highest BCUT2D eigenvalue weighted by atomic mass is 16.6. The molecule has 4 N–H and O–H groups in total. The second-order valence-corrected chi connectivity index (χ2v) is 14.0. The van der Waals surface area contributed by atoms with Crippen LogP contribution in [-0.4, -0.2) is 94.3 Å². The predicted octanol–water partition coefficient (Wildman–Crippen LogP) is 3.99. The normalized spacial score (nSPS) is 21.4. The molecular weight excluding hydrogens is 682 g/mol. The lowest BCUT2D eigenvalue weighted by molar-refractivity contribution is -0.145. The molecule has 1 aliphatic heterocycles. The fourth-order valence-electron chi connectivity index (χ4n) is 6.29. The molecule has 1 saturated heterocycles. The van der Waals surface area contributed by atoms with E-state index in [1.54, 1.807) is 59.1 Å². The maximum Gasteiger partial charge on any atom is 0.408 e. The largest absolute Gasteiger partial charge is 0.497 e. The van der Waals surface area contributed by atoms with Crippen LogP contribution in [0.15, 0.2) is 79.4 Å². The number of likely N-dealkylation sites (tertiary alicyclic amines) is 1. The van der Waals surface area contributed by atoms with Gasteiger partial charge in [0.05, 0.1) is 24.9 Å². The summed E-state index contributed by atoms with van der Waals surface area (Å²) in [5.41, 5.74) is -0.418. The fraction of sp³-hybridized carbons (Fsp3) is 0.385. The molecule has 1 aliphatic carbocycles. The summed E-state index contributed by atoms with van der Waals surface area (Å²) in [4.78, 5) is 72.1. The first-order valence-corrected chi connectivity index (χ1v) is 17.3. The number of aliphatic carboxylic acids is 1. The number of pyridine rings is 1. The summed E-state index contributed by atoms with van der Waals surface area (Å²) in [6, 6.07) is 14.1. The number of carbonyl (C=O) groups is 5. The van der Waals surface area contributed by atoms with Gasteiger partial charge >= 0.3 is 12.1 Å². The molecule has 0 spiro atoms. The van der Waals surface area contributed by atoms with Crippen molar-refractivity contribution >= 4 is 40.7 Å². The van der Waals surface area contributed by atoms with Gasteiger partial charge in [-0.1, -0.05) is 42.5 Å². The molecule has 5 rings (SSSR count). The third-order valence-electron chi connectivity index (χ3n) is 9.01. The molecule has 2 heterocycles. The molecule has 3 aromatic rings. The van der Waals surface area contributed by atoms with Crippen molar-refractivity contribution in [3.63, 3.8) is 0 Å². The number of carbonyl (C=O) groups excluding carboxylic acids is 4. The van der Waals surface area contributed by atoms with Crippen LogP contribution < -0.4 is 25.4 Å². The highest BCUT2D eigenvalue weighted by Crippen LogP contribution is 2.45. The van der Waals surface area contributed by atoms with Crippen molar-refractivity contribution in [2.45, 2.75) is 69.9 Å². The number of nitrogens with zero attached hydrogens (tertiary/aromatic N) is 2. The van der Waals surface area contributed by atoms with Gasteiger partial charge in [0, 0.05) is 42.0 Å². The molecule has 5 atom stereocenters. The minimum Gasteiger partial charge on any atom is -0.497 e. The topological polar surface area (TPSA) is 185 Å². The third-order valence-corrected chi connectivity index (χ3v) is 9.01. The van der Waals surface area contributed by atoms with Crippen molar-refractivity contribution in [1.82, 2.24) is 25.8 Å². The summed E-state index contributed by atoms with van der Waals surface area (Å²) in [5.74, 6) is -2.61. The van der Waals surface area contributed by atoms with Crippen molar-refractivity contribution in [2.75, 3.05) is 20.2 Å². The zero-order valence-electron chi connectivity index (χ0n) is 30.4. The molecule has 2 aliphatic rings. The van der Waals surface area contributed by atoms with Crippen LogP contribution in [0.5, 0.6) is 11.5 Å². The number of methoxy groups -OCH3 is 1. The molecule has 1 aromatic heterocycles. The number of carboxylic acid groups (broad SMARTS) is 1. The first-order valence-electron chi connectivity index (χ1n) is 17.3. The Labute approximate surface area is 307 Å². The molecule has 0 radical (unpaired) electrons. The zero-order chi connectivity index (χ0) is 38.5. The predicted molar refractivity (Wildman–Crippen MR) is 196 cm³/mol. The summed E-state index contributed by atoms with van der Waals surface area (Å²) in [7, 11) is 1.55. The number of hydrogen-bond acceptors (Lipinski definition) is 9. The van der Waals surface area contributed by atoms with E-state index in [2.05, 4.69) is 22.5 Å². The van der Waals surface area contributed by atoms with Crippen molar-refractivity contribution in [3.05, 3.63) is 79.4 Å². The van der Waals surface area contributed by atoms with E-state index in [4.69, 9.17) is 19.2 Å². The first-order chi connectivity index (χ1) is 25.2. The van der Waals surface area contributed by atoms with E-state index in [1.165, 1.54) is 23.1 Å². The van der Waals surface area contributed by atoms with E-state index in [9.17, 15) is 29.1 Å². The monoisotopic (exact) mass is 727 g/mol. The number of rotatable bonds is 13. The lowest BCUT2D eigenvalue weighted by Gasteiger charge is -2.30. The number of aromatic nitrogens is 1. The number of carboxylic acids is 1. The molecule has 1 saturated carbocycles. The van der Waals surface area contributed by atoms with Crippen LogP contribution in [0.3, 0.4) is 0 Å². The number of ether oxygens (including phenoxy) is 3. The SMILES string of the molecule is C=C[C@@H]1C[C@]1(NC(=O)[C@@H]1CC(Oc2cc(-c3ccccc3)nc3cc(OC)ccc23)CN1C(=O)[C@H](CNC(=O)C=CC)NC(=O)OC(C)(C)C)C(=O)O. The average Bonchev–Trinajstić information content (AvgIpc) is 3.68. The van der Waals surface area contributed by atoms with Gasteiger partial charge in [-0.2, -0.15) is 0 Å². The Morgan fingerprint density at radius 2 is 1.85 bits per heavy atom.